The maximum atomic E-state index is 15.4. The first-order valence-corrected chi connectivity index (χ1v) is 22.6. The van der Waals surface area contributed by atoms with Gasteiger partial charge in [0.1, 0.15) is 35.0 Å². The van der Waals surface area contributed by atoms with E-state index in [0.717, 1.165) is 36.1 Å². The van der Waals surface area contributed by atoms with Crippen LogP contribution in [0.4, 0.5) is 13.6 Å². The number of aryl methyl sites for hydroxylation is 1. The Kier molecular flexibility index (Phi) is 11.5. The van der Waals surface area contributed by atoms with Crippen LogP contribution in [0.25, 0.3) is 10.8 Å². The molecule has 3 aliphatic heterocycles. The molecular weight excluding hydrogens is 817 g/mol. The zero-order valence-electron chi connectivity index (χ0n) is 35.8. The number of hydrogen-bond acceptors (Lipinski definition) is 10. The highest BCUT2D eigenvalue weighted by molar-refractivity contribution is 7.91. The van der Waals surface area contributed by atoms with Crippen LogP contribution in [0.2, 0.25) is 0 Å². The molecule has 18 heteroatoms. The number of allylic oxidation sites excluding steroid dienone is 1. The van der Waals surface area contributed by atoms with Crippen LogP contribution in [0.5, 0.6) is 17.5 Å². The van der Waals surface area contributed by atoms with E-state index < -0.39 is 85.6 Å². The first kappa shape index (κ1) is 44.3. The van der Waals surface area contributed by atoms with Gasteiger partial charge in [0.2, 0.25) is 33.6 Å². The van der Waals surface area contributed by atoms with Gasteiger partial charge in [-0.3, -0.25) is 24.0 Å². The Morgan fingerprint density at radius 2 is 1.85 bits per heavy atom. The highest BCUT2D eigenvalue weighted by Gasteiger charge is 2.63. The fraction of sp³-hybridized carbons (Fsp3) is 0.651. The van der Waals surface area contributed by atoms with E-state index in [9.17, 15) is 27.9 Å². The van der Waals surface area contributed by atoms with Crippen LogP contribution in [0, 0.1) is 17.8 Å². The summed E-state index contributed by atoms with van der Waals surface area (Å²) < 4.78 is 76.6. The minimum absolute atomic E-state index is 0.0875. The number of carboxylic acid groups (broad SMARTS) is 1. The molecule has 0 spiro atoms. The van der Waals surface area contributed by atoms with Crippen molar-refractivity contribution in [3.05, 3.63) is 35.9 Å². The van der Waals surface area contributed by atoms with Gasteiger partial charge < -0.3 is 29.5 Å². The molecule has 1 saturated heterocycles. The van der Waals surface area contributed by atoms with Crippen LogP contribution >= 0.6 is 0 Å². The first-order chi connectivity index (χ1) is 28.5. The van der Waals surface area contributed by atoms with Crippen LogP contribution < -0.4 is 24.2 Å². The average molecular weight is 874 g/mol. The van der Waals surface area contributed by atoms with Crippen molar-refractivity contribution in [3.8, 4) is 17.5 Å². The van der Waals surface area contributed by atoms with Crippen molar-refractivity contribution >= 4 is 44.6 Å². The minimum Gasteiger partial charge on any atom is -0.497 e. The third kappa shape index (κ3) is 8.20. The second-order valence-corrected chi connectivity index (χ2v) is 20.8. The van der Waals surface area contributed by atoms with Crippen molar-refractivity contribution in [2.75, 3.05) is 20.3 Å². The Bertz CT molecular complexity index is 2240. The number of nitrogens with one attached hydrogen (secondary N) is 2. The molecule has 1 aromatic heterocycles. The number of rotatable bonds is 9. The molecule has 7 rings (SSSR count). The lowest BCUT2D eigenvalue weighted by molar-refractivity contribution is -0.156. The number of amides is 4. The van der Waals surface area contributed by atoms with Gasteiger partial charge in [-0.15, -0.1) is 0 Å². The van der Waals surface area contributed by atoms with Gasteiger partial charge in [-0.25, -0.2) is 22.0 Å². The summed E-state index contributed by atoms with van der Waals surface area (Å²) in [5, 5.41) is 14.9. The lowest BCUT2D eigenvalue weighted by Gasteiger charge is -2.47. The fourth-order valence-corrected chi connectivity index (χ4v) is 10.4. The predicted molar refractivity (Wildman–Crippen MR) is 220 cm³/mol. The molecule has 3 N–H and O–H groups in total. The number of carbonyl (C=O) groups excluding carboxylic acids is 3. The molecule has 5 aliphatic rings. The second kappa shape index (κ2) is 15.9. The molecule has 3 fully saturated rings. The maximum absolute atomic E-state index is 15.4. The van der Waals surface area contributed by atoms with E-state index >= 15 is 13.6 Å². The fourth-order valence-electron chi connectivity index (χ4n) is 9.11. The Morgan fingerprint density at radius 1 is 1.13 bits per heavy atom. The molecule has 15 nitrogen and oxygen atoms in total. The normalized spacial score (nSPS) is 29.6. The number of aromatic nitrogens is 1. The monoisotopic (exact) mass is 873 g/mol. The average Bonchev–Trinajstić information content (AvgIpc) is 4.07. The summed E-state index contributed by atoms with van der Waals surface area (Å²) in [5.74, 6) is -6.56. The largest absolute Gasteiger partial charge is 0.497 e. The summed E-state index contributed by atoms with van der Waals surface area (Å²) in [6, 6.07) is 2.31. The third-order valence-electron chi connectivity index (χ3n) is 13.7. The highest BCUT2D eigenvalue weighted by Crippen LogP contribution is 2.48. The van der Waals surface area contributed by atoms with Crippen molar-refractivity contribution < 1.29 is 55.7 Å². The van der Waals surface area contributed by atoms with Gasteiger partial charge in [-0.1, -0.05) is 26.0 Å². The summed E-state index contributed by atoms with van der Waals surface area (Å²) in [6.07, 6.45) is 4.47. The second-order valence-electron chi connectivity index (χ2n) is 18.6. The smallest absolute Gasteiger partial charge is 0.408 e. The van der Waals surface area contributed by atoms with Crippen molar-refractivity contribution in [1.82, 2.24) is 24.8 Å². The lowest BCUT2D eigenvalue weighted by Crippen LogP contribution is -2.66. The zero-order chi connectivity index (χ0) is 44.4. The summed E-state index contributed by atoms with van der Waals surface area (Å²) in [6.45, 7) is 8.01. The highest BCUT2D eigenvalue weighted by atomic mass is 32.2. The van der Waals surface area contributed by atoms with Gasteiger partial charge in [0.15, 0.2) is 0 Å². The molecule has 2 saturated carbocycles. The standard InChI is InChI=1S/C43H57F2N5O10S/c1-24-11-8-9-12-26-22-43(26,38(53)48-61(56,57)41(5)16-17-41)47-34(51)32-21-28(60-36-30-15-14-27(58-7)20-31(30)29-13-10-18-59-35(29)46-36)23-49(32)37(52)33(25(2)19-24)50(39(54)55)40(3,4)42(6,44)45/h9,12,14-15,20,24-26,28,32-33H,8,10-11,13,16-19,21-23H2,1-7H3,(H,47,51)(H,48,53)(H,54,55)/b12-9-/t24-,25+,26+,28+,32-,33-,43+/m0/s1. The molecular formula is C43H57F2N5O10S. The number of ether oxygens (including phenoxy) is 3. The maximum Gasteiger partial charge on any atom is 0.408 e. The van der Waals surface area contributed by atoms with Crippen LogP contribution in [-0.2, 0) is 30.8 Å². The number of halogens is 2. The number of benzene rings is 1. The van der Waals surface area contributed by atoms with Gasteiger partial charge in [-0.05, 0) is 108 Å². The molecule has 1 aromatic carbocycles. The van der Waals surface area contributed by atoms with Crippen molar-refractivity contribution in [3.63, 3.8) is 0 Å². The quantitative estimate of drug-likeness (QED) is 0.266. The molecule has 0 radical (unpaired) electrons. The van der Waals surface area contributed by atoms with Gasteiger partial charge in [0.05, 0.1) is 25.0 Å². The van der Waals surface area contributed by atoms with E-state index in [-0.39, 0.29) is 37.6 Å². The van der Waals surface area contributed by atoms with E-state index in [1.807, 2.05) is 19.1 Å². The summed E-state index contributed by atoms with van der Waals surface area (Å²) in [4.78, 5) is 63.6. The Hall–Kier alpha value is -4.74. The van der Waals surface area contributed by atoms with E-state index in [1.54, 1.807) is 39.2 Å². The van der Waals surface area contributed by atoms with Crippen LogP contribution in [0.3, 0.4) is 0 Å². The van der Waals surface area contributed by atoms with Gasteiger partial charge >= 0.3 is 6.09 Å². The lowest BCUT2D eigenvalue weighted by atomic mass is 9.84. The van der Waals surface area contributed by atoms with Crippen molar-refractivity contribution in [1.29, 1.82) is 0 Å². The van der Waals surface area contributed by atoms with E-state index in [0.29, 0.717) is 67.6 Å². The molecule has 4 heterocycles. The summed E-state index contributed by atoms with van der Waals surface area (Å²) >= 11 is 0. The number of pyridine rings is 1. The van der Waals surface area contributed by atoms with Gasteiger partial charge in [0.25, 0.3) is 11.8 Å². The molecule has 0 unspecified atom stereocenters. The van der Waals surface area contributed by atoms with Crippen LogP contribution in [0.15, 0.2) is 30.4 Å². The number of methoxy groups -OCH3 is 1. The summed E-state index contributed by atoms with van der Waals surface area (Å²) in [7, 11) is -2.55. The Morgan fingerprint density at radius 3 is 2.51 bits per heavy atom. The minimum atomic E-state index is -4.10. The van der Waals surface area contributed by atoms with Crippen molar-refractivity contribution in [2.45, 2.75) is 139 Å². The SMILES string of the molecule is COc1ccc2c(O[C@@H]3C[C@H]4C(=O)N[C@]5(C(=O)NS(=O)(=O)C6(C)CC6)C[C@H]5/C=C\CC[C@H](C)C[C@@H](C)[C@H](N(C(=O)O)C(C)(C)C(C)(F)F)C(=O)N4C3)nc3c(c2c1)CCCO3. The molecule has 2 aliphatic carbocycles. The predicted octanol–water partition coefficient (Wildman–Crippen LogP) is 5.58. The Labute approximate surface area is 355 Å². The van der Waals surface area contributed by atoms with Gasteiger partial charge in [0, 0.05) is 30.2 Å². The van der Waals surface area contributed by atoms with Gasteiger partial charge in [-0.2, -0.15) is 4.98 Å². The Balaban J connectivity index is 1.31. The van der Waals surface area contributed by atoms with E-state index in [2.05, 4.69) is 10.0 Å². The van der Waals surface area contributed by atoms with E-state index in [4.69, 9.17) is 19.2 Å². The molecule has 0 bridgehead atoms. The number of alkyl halides is 2. The number of hydrogen-bond donors (Lipinski definition) is 3. The molecule has 334 valence electrons. The molecule has 7 atom stereocenters. The van der Waals surface area contributed by atoms with Crippen molar-refractivity contribution in [2.24, 2.45) is 17.8 Å². The topological polar surface area (TPSA) is 194 Å². The van der Waals surface area contributed by atoms with E-state index in [1.165, 1.54) is 0 Å². The van der Waals surface area contributed by atoms with Crippen LogP contribution in [0.1, 0.15) is 98.5 Å². The first-order valence-electron chi connectivity index (χ1n) is 21.1. The molecule has 4 amide bonds. The number of sulfonamides is 1. The molecule has 2 aromatic rings. The molecule has 61 heavy (non-hydrogen) atoms. The van der Waals surface area contributed by atoms with Crippen LogP contribution in [-0.4, -0.2) is 112 Å². The number of nitrogens with zero attached hydrogens (tertiary/aromatic N) is 3. The number of fused-ring (bicyclic) bond motifs is 5. The zero-order valence-corrected chi connectivity index (χ0v) is 36.6. The third-order valence-corrected chi connectivity index (χ3v) is 15.9. The number of carbonyl (C=O) groups is 4. The summed E-state index contributed by atoms with van der Waals surface area (Å²) in [5.41, 5.74) is -3.19.